The summed E-state index contributed by atoms with van der Waals surface area (Å²) < 4.78 is 39.7. The Bertz CT molecular complexity index is 1060. The van der Waals surface area contributed by atoms with E-state index in [1.807, 2.05) is 37.4 Å². The second kappa shape index (κ2) is 8.33. The summed E-state index contributed by atoms with van der Waals surface area (Å²) in [5.41, 5.74) is 2.20. The number of carbonyl (C=O) groups is 1. The number of hydrogen-bond donors (Lipinski definition) is 2. The van der Waals surface area contributed by atoms with Crippen LogP contribution in [0.25, 0.3) is 10.9 Å². The zero-order valence-corrected chi connectivity index (χ0v) is 17.4. The van der Waals surface area contributed by atoms with Gasteiger partial charge in [0.15, 0.2) is 11.6 Å². The van der Waals surface area contributed by atoms with Crippen LogP contribution in [-0.4, -0.2) is 69.7 Å². The highest BCUT2D eigenvalue weighted by atomic mass is 19.4. The van der Waals surface area contributed by atoms with Crippen LogP contribution in [0.5, 0.6) is 0 Å². The van der Waals surface area contributed by atoms with Gasteiger partial charge >= 0.3 is 6.18 Å². The van der Waals surface area contributed by atoms with Gasteiger partial charge in [0.2, 0.25) is 5.95 Å². The number of alkyl halides is 3. The lowest BCUT2D eigenvalue weighted by Crippen LogP contribution is -2.57. The van der Waals surface area contributed by atoms with E-state index in [4.69, 9.17) is 0 Å². The van der Waals surface area contributed by atoms with E-state index in [0.717, 1.165) is 22.9 Å². The number of Topliss-reactive ketones (excluding diaryl/α,β-unsaturated/α-hetero) is 1. The van der Waals surface area contributed by atoms with Crippen LogP contribution < -0.4 is 4.90 Å². The van der Waals surface area contributed by atoms with E-state index in [-0.39, 0.29) is 43.0 Å². The predicted octanol–water partition coefficient (Wildman–Crippen LogP) is 3.42. The fraction of sp³-hybridized carbons (Fsp3) is 0.476. The number of hydrogen-bond acceptors (Lipinski definition) is 5. The van der Waals surface area contributed by atoms with Crippen molar-refractivity contribution in [3.8, 4) is 0 Å². The van der Waals surface area contributed by atoms with Gasteiger partial charge < -0.3 is 9.88 Å². The molecule has 7 nitrogen and oxygen atoms in total. The number of rotatable bonds is 6. The molecule has 10 heteroatoms. The molecule has 0 bridgehead atoms. The van der Waals surface area contributed by atoms with Gasteiger partial charge in [-0.25, -0.2) is 0 Å². The molecule has 1 aliphatic rings. The van der Waals surface area contributed by atoms with Gasteiger partial charge in [-0.05, 0) is 31.0 Å². The Morgan fingerprint density at radius 3 is 2.84 bits per heavy atom. The van der Waals surface area contributed by atoms with Crippen LogP contribution >= 0.6 is 0 Å². The Kier molecular flexibility index (Phi) is 5.74. The maximum Gasteiger partial charge on any atom is 0.405 e. The van der Waals surface area contributed by atoms with Gasteiger partial charge in [0.25, 0.3) is 0 Å². The summed E-state index contributed by atoms with van der Waals surface area (Å²) in [4.78, 5) is 22.8. The van der Waals surface area contributed by atoms with Crippen LogP contribution in [0, 0.1) is 5.92 Å². The first-order chi connectivity index (χ1) is 14.7. The molecule has 166 valence electrons. The largest absolute Gasteiger partial charge is 0.405 e. The molecule has 0 radical (unpaired) electrons. The van der Waals surface area contributed by atoms with Crippen LogP contribution in [0.2, 0.25) is 0 Å². The quantitative estimate of drug-likeness (QED) is 0.581. The average molecular weight is 434 g/mol. The first kappa shape index (κ1) is 21.4. The average Bonchev–Trinajstić information content (AvgIpc) is 3.35. The number of nitrogens with one attached hydrogen (secondary N) is 2. The van der Waals surface area contributed by atoms with Gasteiger partial charge in [0.05, 0.1) is 0 Å². The molecule has 0 amide bonds. The lowest BCUT2D eigenvalue weighted by molar-refractivity contribution is -0.180. The summed E-state index contributed by atoms with van der Waals surface area (Å²) in [7, 11) is 1.46. The lowest BCUT2D eigenvalue weighted by Gasteiger charge is -2.39. The minimum absolute atomic E-state index is 0.0681. The van der Waals surface area contributed by atoms with Crippen LogP contribution in [0.15, 0.2) is 30.5 Å². The van der Waals surface area contributed by atoms with Crippen molar-refractivity contribution in [3.05, 3.63) is 41.9 Å². The predicted molar refractivity (Wildman–Crippen MR) is 111 cm³/mol. The number of halogens is 3. The van der Waals surface area contributed by atoms with Crippen molar-refractivity contribution in [2.75, 3.05) is 31.6 Å². The summed E-state index contributed by atoms with van der Waals surface area (Å²) in [6.07, 6.45) is -1.38. The van der Waals surface area contributed by atoms with E-state index in [1.165, 1.54) is 16.8 Å². The topological polar surface area (TPSA) is 80.9 Å². The van der Waals surface area contributed by atoms with Crippen LogP contribution in [-0.2, 0) is 6.42 Å². The third-order valence-electron chi connectivity index (χ3n) is 5.82. The molecule has 31 heavy (non-hydrogen) atoms. The number of aromatic amines is 2. The molecule has 1 fully saturated rings. The second-order valence-electron chi connectivity index (χ2n) is 8.26. The smallest absolute Gasteiger partial charge is 0.361 e. The van der Waals surface area contributed by atoms with E-state index in [9.17, 15) is 18.0 Å². The third kappa shape index (κ3) is 4.58. The second-order valence-corrected chi connectivity index (χ2v) is 8.26. The number of anilines is 1. The molecule has 0 aliphatic carbocycles. The zero-order chi connectivity index (χ0) is 22.2. The molecule has 3 heterocycles. The Morgan fingerprint density at radius 2 is 2.06 bits per heavy atom. The number of piperazine rings is 1. The molecule has 1 saturated heterocycles. The Labute approximate surface area is 177 Å². The number of fused-ring (bicyclic) bond motifs is 1. The maximum absolute atomic E-state index is 13.2. The summed E-state index contributed by atoms with van der Waals surface area (Å²) in [6, 6.07) is 6.41. The monoisotopic (exact) mass is 434 g/mol. The molecule has 4 rings (SSSR count). The van der Waals surface area contributed by atoms with Crippen molar-refractivity contribution in [2.24, 2.45) is 5.92 Å². The van der Waals surface area contributed by atoms with Gasteiger partial charge in [0, 0.05) is 43.2 Å². The fourth-order valence-corrected chi connectivity index (χ4v) is 4.09. The zero-order valence-electron chi connectivity index (χ0n) is 17.4. The molecule has 0 saturated carbocycles. The van der Waals surface area contributed by atoms with Crippen LogP contribution in [0.1, 0.15) is 29.5 Å². The molecule has 2 atom stereocenters. The van der Waals surface area contributed by atoms with E-state index in [2.05, 4.69) is 20.2 Å². The molecule has 2 N–H and O–H groups in total. The minimum Gasteiger partial charge on any atom is -0.361 e. The van der Waals surface area contributed by atoms with Crippen molar-refractivity contribution in [1.29, 1.82) is 0 Å². The molecular formula is C21H25F3N6O. The van der Waals surface area contributed by atoms with Gasteiger partial charge in [-0.2, -0.15) is 18.2 Å². The number of aromatic nitrogens is 4. The SMILES string of the molecule is CC(CC(=O)c1nc(N2CCN(C)C(C(F)(F)F)C2)n[nH]1)Cc1c[nH]c2ccccc12. The summed E-state index contributed by atoms with van der Waals surface area (Å²) >= 11 is 0. The van der Waals surface area contributed by atoms with Gasteiger partial charge in [-0.1, -0.05) is 25.1 Å². The summed E-state index contributed by atoms with van der Waals surface area (Å²) in [5, 5.41) is 7.75. The third-order valence-corrected chi connectivity index (χ3v) is 5.82. The van der Waals surface area contributed by atoms with E-state index < -0.39 is 12.2 Å². The van der Waals surface area contributed by atoms with E-state index in [1.54, 1.807) is 0 Å². The molecule has 3 aromatic rings. The van der Waals surface area contributed by atoms with Crippen molar-refractivity contribution < 1.29 is 18.0 Å². The van der Waals surface area contributed by atoms with E-state index in [0.29, 0.717) is 6.54 Å². The number of likely N-dealkylation sites (N-methyl/N-ethyl adjacent to an activating group) is 1. The normalized spacial score (nSPS) is 19.1. The highest BCUT2D eigenvalue weighted by Gasteiger charge is 2.45. The van der Waals surface area contributed by atoms with Crippen molar-refractivity contribution in [3.63, 3.8) is 0 Å². The first-order valence-corrected chi connectivity index (χ1v) is 10.2. The molecule has 2 unspecified atom stereocenters. The highest BCUT2D eigenvalue weighted by Crippen LogP contribution is 2.28. The van der Waals surface area contributed by atoms with Crippen molar-refractivity contribution >= 4 is 22.6 Å². The number of H-pyrrole nitrogens is 2. The number of nitrogens with zero attached hydrogens (tertiary/aromatic N) is 4. The van der Waals surface area contributed by atoms with Gasteiger partial charge in [-0.15, -0.1) is 5.10 Å². The molecule has 1 aliphatic heterocycles. The van der Waals surface area contributed by atoms with Crippen LogP contribution in [0.4, 0.5) is 19.1 Å². The molecule has 2 aromatic heterocycles. The molecule has 1 aromatic carbocycles. The van der Waals surface area contributed by atoms with E-state index >= 15 is 0 Å². The number of ketones is 1. The highest BCUT2D eigenvalue weighted by molar-refractivity contribution is 5.93. The summed E-state index contributed by atoms with van der Waals surface area (Å²) in [5.74, 6) is 0.0873. The lowest BCUT2D eigenvalue weighted by atomic mass is 9.95. The number of para-hydroxylation sites is 1. The maximum atomic E-state index is 13.2. The molecule has 0 spiro atoms. The number of carbonyl (C=O) groups excluding carboxylic acids is 1. The number of benzene rings is 1. The fourth-order valence-electron chi connectivity index (χ4n) is 4.09. The van der Waals surface area contributed by atoms with Crippen molar-refractivity contribution in [2.45, 2.75) is 32.0 Å². The Balaban J connectivity index is 1.39. The Morgan fingerprint density at radius 1 is 1.29 bits per heavy atom. The first-order valence-electron chi connectivity index (χ1n) is 10.2. The molecular weight excluding hydrogens is 409 g/mol. The van der Waals surface area contributed by atoms with Gasteiger partial charge in [0.1, 0.15) is 6.04 Å². The Hall–Kier alpha value is -2.88. The minimum atomic E-state index is -4.33. The summed E-state index contributed by atoms with van der Waals surface area (Å²) in [6.45, 7) is 2.34. The van der Waals surface area contributed by atoms with Crippen LogP contribution in [0.3, 0.4) is 0 Å². The van der Waals surface area contributed by atoms with Gasteiger partial charge in [-0.3, -0.25) is 14.8 Å². The standard InChI is InChI=1S/C21H25F3N6O/c1-13(9-14-11-25-16-6-4-3-5-15(14)16)10-17(31)19-26-20(28-27-19)30-8-7-29(2)18(12-30)21(22,23)24/h3-6,11,13,18,25H,7-10,12H2,1-2H3,(H,26,27,28). The van der Waals surface area contributed by atoms with Crippen molar-refractivity contribution in [1.82, 2.24) is 25.1 Å².